The molecule has 1 heterocycles. The van der Waals surface area contributed by atoms with Crippen LogP contribution in [0.4, 0.5) is 0 Å². The van der Waals surface area contributed by atoms with Crippen LogP contribution in [0.1, 0.15) is 52.9 Å². The van der Waals surface area contributed by atoms with Crippen molar-refractivity contribution in [1.29, 1.82) is 0 Å². The summed E-state index contributed by atoms with van der Waals surface area (Å²) in [5.41, 5.74) is 0.0233. The molecule has 2 unspecified atom stereocenters. The van der Waals surface area contributed by atoms with E-state index in [4.69, 9.17) is 4.74 Å². The van der Waals surface area contributed by atoms with Gasteiger partial charge in [-0.05, 0) is 56.7 Å². The Morgan fingerprint density at radius 2 is 2.14 bits per heavy atom. The second-order valence-electron chi connectivity index (χ2n) is 7.56. The highest BCUT2D eigenvalue weighted by Gasteiger charge is 2.49. The molecule has 2 atom stereocenters. The van der Waals surface area contributed by atoms with E-state index in [1.165, 1.54) is 26.6 Å². The Labute approximate surface area is 129 Å². The lowest BCUT2D eigenvalue weighted by Gasteiger charge is -2.34. The summed E-state index contributed by atoms with van der Waals surface area (Å²) >= 11 is 0. The second kappa shape index (κ2) is 6.66. The molecule has 2 aliphatic rings. The van der Waals surface area contributed by atoms with E-state index in [2.05, 4.69) is 31.0 Å². The highest BCUT2D eigenvalue weighted by molar-refractivity contribution is 5.81. The minimum absolute atomic E-state index is 0.0615. The summed E-state index contributed by atoms with van der Waals surface area (Å²) in [7, 11) is 1.51. The second-order valence-corrected chi connectivity index (χ2v) is 7.56. The maximum Gasteiger partial charge on any atom is 0.326 e. The third-order valence-corrected chi connectivity index (χ3v) is 5.41. The molecule has 1 saturated carbocycles. The van der Waals surface area contributed by atoms with Gasteiger partial charge in [0.05, 0.1) is 7.11 Å². The molecule has 1 aliphatic heterocycles. The average Bonchev–Trinajstić information content (AvgIpc) is 3.00. The maximum atomic E-state index is 12.3. The van der Waals surface area contributed by atoms with Crippen LogP contribution < -0.4 is 5.32 Å². The highest BCUT2D eigenvalue weighted by atomic mass is 16.5. The normalized spacial score (nSPS) is 32.5. The number of methoxy groups -OCH3 is 1. The number of likely N-dealkylation sites (tertiary alicyclic amines) is 1. The lowest BCUT2D eigenvalue weighted by molar-refractivity contribution is -0.150. The number of esters is 1. The van der Waals surface area contributed by atoms with Gasteiger partial charge < -0.3 is 15.0 Å². The Hall–Kier alpha value is -0.610. The van der Waals surface area contributed by atoms with E-state index in [1.54, 1.807) is 0 Å². The molecule has 2 rings (SSSR count). The van der Waals surface area contributed by atoms with E-state index in [1.807, 2.05) is 0 Å². The molecule has 122 valence electrons. The number of nitrogens with zero attached hydrogens (tertiary/aromatic N) is 1. The van der Waals surface area contributed by atoms with Crippen LogP contribution in [0.25, 0.3) is 0 Å². The zero-order chi connectivity index (χ0) is 15.5. The number of nitrogens with one attached hydrogen (secondary N) is 1. The molecule has 1 saturated heterocycles. The summed E-state index contributed by atoms with van der Waals surface area (Å²) in [6, 6.07) is 0. The van der Waals surface area contributed by atoms with Gasteiger partial charge in [0.25, 0.3) is 0 Å². The molecular formula is C17H32N2O2. The van der Waals surface area contributed by atoms with Crippen LogP contribution >= 0.6 is 0 Å². The van der Waals surface area contributed by atoms with Crippen molar-refractivity contribution in [1.82, 2.24) is 10.2 Å². The predicted octanol–water partition coefficient (Wildman–Crippen LogP) is 2.43. The highest BCUT2D eigenvalue weighted by Crippen LogP contribution is 2.39. The van der Waals surface area contributed by atoms with Crippen LogP contribution in [0.15, 0.2) is 0 Å². The summed E-state index contributed by atoms with van der Waals surface area (Å²) in [6.45, 7) is 11.1. The molecule has 1 aliphatic carbocycles. The van der Waals surface area contributed by atoms with Crippen molar-refractivity contribution in [3.8, 4) is 0 Å². The molecule has 1 N–H and O–H groups in total. The summed E-state index contributed by atoms with van der Waals surface area (Å²) in [4.78, 5) is 14.9. The van der Waals surface area contributed by atoms with E-state index in [0.717, 1.165) is 38.8 Å². The van der Waals surface area contributed by atoms with Crippen molar-refractivity contribution in [2.45, 2.75) is 58.4 Å². The van der Waals surface area contributed by atoms with Crippen LogP contribution in [-0.4, -0.2) is 49.7 Å². The quantitative estimate of drug-likeness (QED) is 0.764. The number of likely N-dealkylation sites (N-methyl/N-ethyl adjacent to an activating group) is 1. The fourth-order valence-corrected chi connectivity index (χ4v) is 4.29. The lowest BCUT2D eigenvalue weighted by Crippen LogP contribution is -2.55. The molecular weight excluding hydrogens is 264 g/mol. The summed E-state index contributed by atoms with van der Waals surface area (Å²) < 4.78 is 5.11. The van der Waals surface area contributed by atoms with Crippen LogP contribution in [0.5, 0.6) is 0 Å². The van der Waals surface area contributed by atoms with Crippen LogP contribution in [0, 0.1) is 11.3 Å². The fourth-order valence-electron chi connectivity index (χ4n) is 4.29. The molecule has 0 amide bonds. The molecule has 0 aromatic heterocycles. The number of carbonyl (C=O) groups excluding carboxylic acids is 1. The number of hydrogen-bond donors (Lipinski definition) is 1. The molecule has 0 aromatic carbocycles. The smallest absolute Gasteiger partial charge is 0.326 e. The zero-order valence-electron chi connectivity index (χ0n) is 14.2. The standard InChI is InChI=1S/C17H32N2O2/c1-5-18-17(15(20)21-4)9-6-7-14(17)8-11-19-12-10-16(2,3)13-19/h14,18H,5-13H2,1-4H3. The molecule has 21 heavy (non-hydrogen) atoms. The monoisotopic (exact) mass is 296 g/mol. The van der Waals surface area contributed by atoms with Gasteiger partial charge in [0, 0.05) is 6.54 Å². The van der Waals surface area contributed by atoms with E-state index in [9.17, 15) is 4.79 Å². The summed E-state index contributed by atoms with van der Waals surface area (Å²) in [6.07, 6.45) is 5.56. The predicted molar refractivity (Wildman–Crippen MR) is 85.2 cm³/mol. The van der Waals surface area contributed by atoms with Crippen LogP contribution in [0.3, 0.4) is 0 Å². The first kappa shape index (κ1) is 16.8. The van der Waals surface area contributed by atoms with Gasteiger partial charge in [-0.3, -0.25) is 4.79 Å². The lowest BCUT2D eigenvalue weighted by atomic mass is 9.84. The van der Waals surface area contributed by atoms with Crippen molar-refractivity contribution in [2.75, 3.05) is 33.3 Å². The van der Waals surface area contributed by atoms with E-state index in [0.29, 0.717) is 11.3 Å². The van der Waals surface area contributed by atoms with Gasteiger partial charge >= 0.3 is 5.97 Å². The molecule has 0 aromatic rings. The topological polar surface area (TPSA) is 41.6 Å². The van der Waals surface area contributed by atoms with Gasteiger partial charge in [0.2, 0.25) is 0 Å². The third-order valence-electron chi connectivity index (χ3n) is 5.41. The Kier molecular flexibility index (Phi) is 5.31. The van der Waals surface area contributed by atoms with Crippen molar-refractivity contribution >= 4 is 5.97 Å². The average molecular weight is 296 g/mol. The van der Waals surface area contributed by atoms with E-state index >= 15 is 0 Å². The van der Waals surface area contributed by atoms with Crippen molar-refractivity contribution in [2.24, 2.45) is 11.3 Å². The first-order chi connectivity index (χ1) is 9.93. The molecule has 0 radical (unpaired) electrons. The maximum absolute atomic E-state index is 12.3. The Morgan fingerprint density at radius 1 is 1.38 bits per heavy atom. The first-order valence-electron chi connectivity index (χ1n) is 8.49. The largest absolute Gasteiger partial charge is 0.468 e. The van der Waals surface area contributed by atoms with Gasteiger partial charge in [-0.2, -0.15) is 0 Å². The minimum atomic E-state index is -0.432. The van der Waals surface area contributed by atoms with Gasteiger partial charge in [-0.1, -0.05) is 27.2 Å². The zero-order valence-corrected chi connectivity index (χ0v) is 14.2. The SMILES string of the molecule is CCNC1(C(=O)OC)CCCC1CCN1CCC(C)(C)C1. The summed E-state index contributed by atoms with van der Waals surface area (Å²) in [5, 5.41) is 3.46. The summed E-state index contributed by atoms with van der Waals surface area (Å²) in [5.74, 6) is 0.349. The molecule has 0 bridgehead atoms. The number of carbonyl (C=O) groups is 1. The van der Waals surface area contributed by atoms with Crippen molar-refractivity contribution in [3.63, 3.8) is 0 Å². The van der Waals surface area contributed by atoms with Crippen LogP contribution in [-0.2, 0) is 9.53 Å². The minimum Gasteiger partial charge on any atom is -0.468 e. The van der Waals surface area contributed by atoms with Gasteiger partial charge in [0.15, 0.2) is 0 Å². The first-order valence-corrected chi connectivity index (χ1v) is 8.49. The molecule has 0 spiro atoms. The van der Waals surface area contributed by atoms with E-state index in [-0.39, 0.29) is 5.97 Å². The number of ether oxygens (including phenoxy) is 1. The van der Waals surface area contributed by atoms with Gasteiger partial charge in [0.1, 0.15) is 5.54 Å². The molecule has 2 fully saturated rings. The fraction of sp³-hybridized carbons (Fsp3) is 0.941. The van der Waals surface area contributed by atoms with Crippen molar-refractivity contribution in [3.05, 3.63) is 0 Å². The third kappa shape index (κ3) is 3.59. The Morgan fingerprint density at radius 3 is 2.71 bits per heavy atom. The number of hydrogen-bond acceptors (Lipinski definition) is 4. The number of rotatable bonds is 6. The molecule has 4 heteroatoms. The van der Waals surface area contributed by atoms with Crippen LogP contribution in [0.2, 0.25) is 0 Å². The van der Waals surface area contributed by atoms with Gasteiger partial charge in [-0.25, -0.2) is 0 Å². The van der Waals surface area contributed by atoms with Crippen molar-refractivity contribution < 1.29 is 9.53 Å². The Bertz CT molecular complexity index is 370. The Balaban J connectivity index is 1.96. The molecule has 4 nitrogen and oxygen atoms in total. The van der Waals surface area contributed by atoms with Gasteiger partial charge in [-0.15, -0.1) is 0 Å². The van der Waals surface area contributed by atoms with E-state index < -0.39 is 5.54 Å².